The third-order valence-electron chi connectivity index (χ3n) is 2.70. The summed E-state index contributed by atoms with van der Waals surface area (Å²) in [6.45, 7) is 3.16. The molecule has 0 aromatic rings. The summed E-state index contributed by atoms with van der Waals surface area (Å²) in [5.74, 6) is -0.217. The van der Waals surface area contributed by atoms with Crippen molar-refractivity contribution in [3.05, 3.63) is 0 Å². The van der Waals surface area contributed by atoms with Crippen LogP contribution in [0.5, 0.6) is 0 Å². The maximum absolute atomic E-state index is 11.0. The Morgan fingerprint density at radius 2 is 2.00 bits per heavy atom. The number of carbonyl (C=O) groups excluding carboxylic acids is 1. The third kappa shape index (κ3) is 2.70. The van der Waals surface area contributed by atoms with Crippen LogP contribution in [-0.4, -0.2) is 55.9 Å². The van der Waals surface area contributed by atoms with E-state index >= 15 is 0 Å². The smallest absolute Gasteiger partial charge is 0.217 e. The van der Waals surface area contributed by atoms with Crippen molar-refractivity contribution < 1.29 is 24.1 Å². The maximum atomic E-state index is 11.0. The van der Waals surface area contributed by atoms with Crippen molar-refractivity contribution in [2.24, 2.45) is 0 Å². The van der Waals surface area contributed by atoms with Gasteiger partial charge in [-0.3, -0.25) is 4.79 Å². The highest BCUT2D eigenvalue weighted by atomic mass is 16.7. The quantitative estimate of drug-likeness (QED) is 0.671. The van der Waals surface area contributed by atoms with Crippen LogP contribution in [0.15, 0.2) is 0 Å². The molecule has 1 amide bonds. The Balaban J connectivity index is 2.76. The standard InChI is InChI=1S/C10H19NO5/c1-5-7(11-6(2)12)8(13)9(14-3)10(15-4)16-5/h5,7-10,13H,1-4H3,(H,11,12). The molecule has 5 unspecified atom stereocenters. The molecule has 0 aliphatic carbocycles. The molecule has 16 heavy (non-hydrogen) atoms. The Labute approximate surface area is 94.9 Å². The van der Waals surface area contributed by atoms with Gasteiger partial charge in [-0.05, 0) is 6.92 Å². The first-order valence-corrected chi connectivity index (χ1v) is 5.17. The van der Waals surface area contributed by atoms with Gasteiger partial charge in [-0.1, -0.05) is 0 Å². The highest BCUT2D eigenvalue weighted by Gasteiger charge is 2.44. The minimum Gasteiger partial charge on any atom is -0.388 e. The monoisotopic (exact) mass is 233 g/mol. The molecule has 0 spiro atoms. The molecule has 6 heteroatoms. The average molecular weight is 233 g/mol. The number of hydrogen-bond acceptors (Lipinski definition) is 5. The third-order valence-corrected chi connectivity index (χ3v) is 2.70. The van der Waals surface area contributed by atoms with Gasteiger partial charge >= 0.3 is 0 Å². The summed E-state index contributed by atoms with van der Waals surface area (Å²) >= 11 is 0. The van der Waals surface area contributed by atoms with Crippen molar-refractivity contribution in [2.75, 3.05) is 14.2 Å². The normalized spacial score (nSPS) is 39.4. The molecular weight excluding hydrogens is 214 g/mol. The van der Waals surface area contributed by atoms with E-state index in [0.29, 0.717) is 0 Å². The van der Waals surface area contributed by atoms with Gasteiger partial charge in [-0.2, -0.15) is 0 Å². The van der Waals surface area contributed by atoms with Crippen LogP contribution < -0.4 is 5.32 Å². The Kier molecular flexibility index (Phi) is 4.67. The summed E-state index contributed by atoms with van der Waals surface area (Å²) in [6, 6.07) is -0.492. The summed E-state index contributed by atoms with van der Waals surface area (Å²) in [5, 5.41) is 12.7. The first-order valence-electron chi connectivity index (χ1n) is 5.17. The van der Waals surface area contributed by atoms with Gasteiger partial charge in [-0.15, -0.1) is 0 Å². The van der Waals surface area contributed by atoms with E-state index in [1.165, 1.54) is 21.1 Å². The molecule has 1 saturated heterocycles. The lowest BCUT2D eigenvalue weighted by molar-refractivity contribution is -0.269. The van der Waals surface area contributed by atoms with E-state index in [2.05, 4.69) is 5.32 Å². The zero-order valence-corrected chi connectivity index (χ0v) is 9.97. The molecule has 1 fully saturated rings. The number of ether oxygens (including phenoxy) is 3. The highest BCUT2D eigenvalue weighted by molar-refractivity contribution is 5.73. The zero-order chi connectivity index (χ0) is 12.3. The second-order valence-corrected chi connectivity index (χ2v) is 3.86. The van der Waals surface area contributed by atoms with Gasteiger partial charge in [0.05, 0.1) is 12.1 Å². The zero-order valence-electron chi connectivity index (χ0n) is 9.97. The summed E-state index contributed by atoms with van der Waals surface area (Å²) in [6.07, 6.45) is -2.43. The first-order chi connectivity index (χ1) is 7.51. The van der Waals surface area contributed by atoms with Crippen LogP contribution in [0.25, 0.3) is 0 Å². The van der Waals surface area contributed by atoms with E-state index in [4.69, 9.17) is 14.2 Å². The van der Waals surface area contributed by atoms with Crippen molar-refractivity contribution in [3.63, 3.8) is 0 Å². The van der Waals surface area contributed by atoms with Gasteiger partial charge in [0, 0.05) is 21.1 Å². The SMILES string of the molecule is COC1OC(C)C(NC(C)=O)C(O)C1OC. The summed E-state index contributed by atoms with van der Waals surface area (Å²) in [7, 11) is 2.94. The predicted octanol–water partition coefficient (Wildman–Crippen LogP) is -0.742. The molecule has 0 aromatic carbocycles. The Morgan fingerprint density at radius 3 is 2.44 bits per heavy atom. The first kappa shape index (κ1) is 13.4. The lowest BCUT2D eigenvalue weighted by atomic mass is 9.97. The number of aliphatic hydroxyl groups is 1. The van der Waals surface area contributed by atoms with Crippen molar-refractivity contribution >= 4 is 5.91 Å². The number of hydrogen-bond donors (Lipinski definition) is 2. The topological polar surface area (TPSA) is 77.0 Å². The maximum Gasteiger partial charge on any atom is 0.217 e. The van der Waals surface area contributed by atoms with Gasteiger partial charge in [0.15, 0.2) is 6.29 Å². The number of amides is 1. The van der Waals surface area contributed by atoms with Gasteiger partial charge in [0.25, 0.3) is 0 Å². The van der Waals surface area contributed by atoms with Crippen LogP contribution in [-0.2, 0) is 19.0 Å². The number of methoxy groups -OCH3 is 2. The molecule has 6 nitrogen and oxygen atoms in total. The molecule has 0 bridgehead atoms. The molecule has 1 rings (SSSR count). The van der Waals surface area contributed by atoms with E-state index in [-0.39, 0.29) is 12.0 Å². The molecule has 0 aromatic heterocycles. The van der Waals surface area contributed by atoms with E-state index in [0.717, 1.165) is 0 Å². The summed E-state index contributed by atoms with van der Waals surface area (Å²) in [5.41, 5.74) is 0. The lowest BCUT2D eigenvalue weighted by Gasteiger charge is -2.42. The van der Waals surface area contributed by atoms with E-state index in [1.54, 1.807) is 6.92 Å². The van der Waals surface area contributed by atoms with Crippen LogP contribution in [0.2, 0.25) is 0 Å². The Hall–Kier alpha value is -0.690. The number of nitrogens with one attached hydrogen (secondary N) is 1. The van der Waals surface area contributed by atoms with Gasteiger partial charge in [0.1, 0.15) is 12.2 Å². The van der Waals surface area contributed by atoms with Crippen molar-refractivity contribution in [3.8, 4) is 0 Å². The minimum absolute atomic E-state index is 0.217. The number of aliphatic hydroxyl groups excluding tert-OH is 1. The van der Waals surface area contributed by atoms with Gasteiger partial charge < -0.3 is 24.6 Å². The lowest BCUT2D eigenvalue weighted by Crippen LogP contribution is -2.63. The van der Waals surface area contributed by atoms with Crippen LogP contribution in [0.1, 0.15) is 13.8 Å². The van der Waals surface area contributed by atoms with Gasteiger partial charge in [0.2, 0.25) is 5.91 Å². The summed E-state index contributed by atoms with van der Waals surface area (Å²) in [4.78, 5) is 11.0. The van der Waals surface area contributed by atoms with E-state index in [1.807, 2.05) is 0 Å². The fourth-order valence-electron chi connectivity index (χ4n) is 1.89. The molecule has 1 aliphatic rings. The predicted molar refractivity (Wildman–Crippen MR) is 55.8 cm³/mol. The van der Waals surface area contributed by atoms with Crippen LogP contribution in [0.3, 0.4) is 0 Å². The second kappa shape index (κ2) is 5.58. The van der Waals surface area contributed by atoms with E-state index < -0.39 is 24.5 Å². The Morgan fingerprint density at radius 1 is 1.38 bits per heavy atom. The largest absolute Gasteiger partial charge is 0.388 e. The van der Waals surface area contributed by atoms with Crippen LogP contribution in [0.4, 0.5) is 0 Å². The van der Waals surface area contributed by atoms with Gasteiger partial charge in [-0.25, -0.2) is 0 Å². The molecule has 0 saturated carbocycles. The molecule has 0 radical (unpaired) electrons. The fraction of sp³-hybridized carbons (Fsp3) is 0.900. The number of carbonyl (C=O) groups is 1. The number of rotatable bonds is 3. The summed E-state index contributed by atoms with van der Waals surface area (Å²) < 4.78 is 15.7. The molecule has 2 N–H and O–H groups in total. The average Bonchev–Trinajstić information content (AvgIpc) is 2.23. The molecular formula is C10H19NO5. The van der Waals surface area contributed by atoms with Crippen molar-refractivity contribution in [2.45, 2.75) is 44.5 Å². The fourth-order valence-corrected chi connectivity index (χ4v) is 1.89. The Bertz CT molecular complexity index is 247. The molecule has 5 atom stereocenters. The van der Waals surface area contributed by atoms with Crippen LogP contribution in [0, 0.1) is 0 Å². The molecule has 94 valence electrons. The minimum atomic E-state index is -0.859. The molecule has 1 heterocycles. The highest BCUT2D eigenvalue weighted by Crippen LogP contribution is 2.23. The van der Waals surface area contributed by atoms with Crippen LogP contribution >= 0.6 is 0 Å². The van der Waals surface area contributed by atoms with Crippen molar-refractivity contribution in [1.29, 1.82) is 0 Å². The van der Waals surface area contributed by atoms with E-state index in [9.17, 15) is 9.90 Å². The second-order valence-electron chi connectivity index (χ2n) is 3.86. The molecule has 1 aliphatic heterocycles. The van der Waals surface area contributed by atoms with Crippen molar-refractivity contribution in [1.82, 2.24) is 5.32 Å².